The van der Waals surface area contributed by atoms with Crippen LogP contribution in [0.1, 0.15) is 22.2 Å². The highest BCUT2D eigenvalue weighted by molar-refractivity contribution is 7.12. The van der Waals surface area contributed by atoms with E-state index in [0.29, 0.717) is 18.0 Å². The summed E-state index contributed by atoms with van der Waals surface area (Å²) >= 11 is 1.29. The number of thiophene rings is 1. The molecule has 0 saturated carbocycles. The van der Waals surface area contributed by atoms with Gasteiger partial charge in [-0.1, -0.05) is 36.4 Å². The largest absolute Gasteiger partial charge is 0.454 e. The maximum atomic E-state index is 12.3. The number of piperazine rings is 1. The molecule has 1 atom stereocenters. The number of nitrogens with zero attached hydrogens (tertiary/aromatic N) is 2. The van der Waals surface area contributed by atoms with Crippen molar-refractivity contribution in [3.05, 3.63) is 58.3 Å². The van der Waals surface area contributed by atoms with Crippen molar-refractivity contribution in [3.8, 4) is 0 Å². The van der Waals surface area contributed by atoms with Crippen LogP contribution in [0, 0.1) is 0 Å². The molecule has 2 amide bonds. The molecule has 1 fully saturated rings. The van der Waals surface area contributed by atoms with Crippen molar-refractivity contribution in [1.82, 2.24) is 15.1 Å². The van der Waals surface area contributed by atoms with Gasteiger partial charge >= 0.3 is 5.97 Å². The summed E-state index contributed by atoms with van der Waals surface area (Å²) < 4.78 is 5.10. The molecule has 7 nitrogen and oxygen atoms in total. The van der Waals surface area contributed by atoms with Gasteiger partial charge in [0.2, 0.25) is 0 Å². The third-order valence-electron chi connectivity index (χ3n) is 4.76. The zero-order valence-corrected chi connectivity index (χ0v) is 17.2. The van der Waals surface area contributed by atoms with E-state index in [0.717, 1.165) is 19.6 Å². The SMILES string of the molecule is CC(NC(=O)c1cccs1)C(=O)OCC(=O)N1CCN(Cc2ccccc2)CC1. The number of amides is 2. The van der Waals surface area contributed by atoms with Gasteiger partial charge in [-0.2, -0.15) is 0 Å². The lowest BCUT2D eigenvalue weighted by molar-refractivity contribution is -0.153. The third kappa shape index (κ3) is 6.13. The second kappa shape index (κ2) is 10.2. The van der Waals surface area contributed by atoms with Crippen molar-refractivity contribution in [3.63, 3.8) is 0 Å². The molecule has 0 aliphatic carbocycles. The summed E-state index contributed by atoms with van der Waals surface area (Å²) in [4.78, 5) is 40.9. The Morgan fingerprint density at radius 2 is 1.79 bits per heavy atom. The molecule has 1 aromatic carbocycles. The molecule has 1 aromatic heterocycles. The maximum Gasteiger partial charge on any atom is 0.328 e. The van der Waals surface area contributed by atoms with Crippen molar-refractivity contribution in [2.45, 2.75) is 19.5 Å². The van der Waals surface area contributed by atoms with E-state index in [1.165, 1.54) is 16.9 Å². The number of hydrogen-bond acceptors (Lipinski definition) is 6. The first-order chi connectivity index (χ1) is 14.0. The van der Waals surface area contributed by atoms with Gasteiger partial charge in [0.05, 0.1) is 4.88 Å². The van der Waals surface area contributed by atoms with E-state index in [9.17, 15) is 14.4 Å². The van der Waals surface area contributed by atoms with Gasteiger partial charge in [-0.25, -0.2) is 4.79 Å². The number of nitrogens with one attached hydrogen (secondary N) is 1. The van der Waals surface area contributed by atoms with Gasteiger partial charge in [0, 0.05) is 32.7 Å². The van der Waals surface area contributed by atoms with E-state index >= 15 is 0 Å². The van der Waals surface area contributed by atoms with Crippen molar-refractivity contribution < 1.29 is 19.1 Å². The van der Waals surface area contributed by atoms with E-state index in [2.05, 4.69) is 22.3 Å². The predicted octanol–water partition coefficient (Wildman–Crippen LogP) is 1.75. The Hall–Kier alpha value is -2.71. The first kappa shape index (κ1) is 21.0. The minimum Gasteiger partial charge on any atom is -0.454 e. The zero-order valence-electron chi connectivity index (χ0n) is 16.4. The Balaban J connectivity index is 1.37. The van der Waals surface area contributed by atoms with Gasteiger partial charge in [0.1, 0.15) is 6.04 Å². The first-order valence-corrected chi connectivity index (χ1v) is 10.5. The van der Waals surface area contributed by atoms with Crippen molar-refractivity contribution in [1.29, 1.82) is 0 Å². The summed E-state index contributed by atoms with van der Waals surface area (Å²) in [5, 5.41) is 4.37. The molecule has 154 valence electrons. The molecule has 1 aliphatic heterocycles. The topological polar surface area (TPSA) is 78.9 Å². The number of benzene rings is 1. The fraction of sp³-hybridized carbons (Fsp3) is 0.381. The highest BCUT2D eigenvalue weighted by Gasteiger charge is 2.24. The minimum atomic E-state index is -0.819. The minimum absolute atomic E-state index is 0.213. The molecule has 2 aromatic rings. The number of carbonyl (C=O) groups excluding carboxylic acids is 3. The molecule has 29 heavy (non-hydrogen) atoms. The molecule has 1 unspecified atom stereocenters. The third-order valence-corrected chi connectivity index (χ3v) is 5.63. The van der Waals surface area contributed by atoms with Crippen LogP contribution >= 0.6 is 11.3 Å². The monoisotopic (exact) mass is 415 g/mol. The molecule has 8 heteroatoms. The number of ether oxygens (including phenoxy) is 1. The lowest BCUT2D eigenvalue weighted by atomic mass is 10.2. The van der Waals surface area contributed by atoms with Crippen LogP contribution in [0.4, 0.5) is 0 Å². The highest BCUT2D eigenvalue weighted by atomic mass is 32.1. The fourth-order valence-electron chi connectivity index (χ4n) is 3.08. The molecule has 0 bridgehead atoms. The van der Waals surface area contributed by atoms with E-state index in [1.54, 1.807) is 29.3 Å². The van der Waals surface area contributed by atoms with Crippen molar-refractivity contribution >= 4 is 29.1 Å². The average Bonchev–Trinajstić information content (AvgIpc) is 3.28. The number of rotatable bonds is 7. The molecule has 1 aliphatic rings. The molecule has 1 saturated heterocycles. The molecule has 0 radical (unpaired) electrons. The smallest absolute Gasteiger partial charge is 0.328 e. The van der Waals surface area contributed by atoms with Gasteiger partial charge in [-0.3, -0.25) is 14.5 Å². The van der Waals surface area contributed by atoms with Crippen LogP contribution in [0.3, 0.4) is 0 Å². The van der Waals surface area contributed by atoms with Crippen LogP contribution in [0.5, 0.6) is 0 Å². The van der Waals surface area contributed by atoms with Gasteiger partial charge in [0.25, 0.3) is 11.8 Å². The first-order valence-electron chi connectivity index (χ1n) is 9.58. The van der Waals surface area contributed by atoms with Crippen LogP contribution in [0.2, 0.25) is 0 Å². The highest BCUT2D eigenvalue weighted by Crippen LogP contribution is 2.10. The lowest BCUT2D eigenvalue weighted by Gasteiger charge is -2.34. The Kier molecular flexibility index (Phi) is 7.37. The van der Waals surface area contributed by atoms with E-state index in [4.69, 9.17) is 4.74 Å². The predicted molar refractivity (Wildman–Crippen MR) is 111 cm³/mol. The standard InChI is InChI=1S/C21H25N3O4S/c1-16(22-20(26)18-8-5-13-29-18)21(27)28-15-19(25)24-11-9-23(10-12-24)14-17-6-3-2-4-7-17/h2-8,13,16H,9-12,14-15H2,1H3,(H,22,26). The van der Waals surface area contributed by atoms with Crippen LogP contribution in [-0.2, 0) is 20.9 Å². The summed E-state index contributed by atoms with van der Waals surface area (Å²) in [6.07, 6.45) is 0. The van der Waals surface area contributed by atoms with Crippen molar-refractivity contribution in [2.75, 3.05) is 32.8 Å². The fourth-order valence-corrected chi connectivity index (χ4v) is 3.71. The lowest BCUT2D eigenvalue weighted by Crippen LogP contribution is -2.49. The van der Waals surface area contributed by atoms with Crippen LogP contribution in [0.15, 0.2) is 47.8 Å². The second-order valence-electron chi connectivity index (χ2n) is 6.92. The van der Waals surface area contributed by atoms with Gasteiger partial charge in [0.15, 0.2) is 6.61 Å². The van der Waals surface area contributed by atoms with Crippen LogP contribution in [-0.4, -0.2) is 66.4 Å². The van der Waals surface area contributed by atoms with E-state index in [1.807, 2.05) is 18.2 Å². The van der Waals surface area contributed by atoms with Crippen molar-refractivity contribution in [2.24, 2.45) is 0 Å². The Labute approximate surface area is 174 Å². The van der Waals surface area contributed by atoms with Crippen LogP contribution < -0.4 is 5.32 Å². The maximum absolute atomic E-state index is 12.3. The zero-order chi connectivity index (χ0) is 20.6. The van der Waals surface area contributed by atoms with Gasteiger partial charge in [-0.15, -0.1) is 11.3 Å². The second-order valence-corrected chi connectivity index (χ2v) is 7.87. The molecule has 2 heterocycles. The van der Waals surface area contributed by atoms with Gasteiger partial charge < -0.3 is 15.0 Å². The Morgan fingerprint density at radius 1 is 1.07 bits per heavy atom. The van der Waals surface area contributed by atoms with Crippen LogP contribution in [0.25, 0.3) is 0 Å². The summed E-state index contributed by atoms with van der Waals surface area (Å²) in [6, 6.07) is 12.8. The summed E-state index contributed by atoms with van der Waals surface area (Å²) in [7, 11) is 0. The number of hydrogen-bond donors (Lipinski definition) is 1. The molecular weight excluding hydrogens is 390 g/mol. The molecule has 1 N–H and O–H groups in total. The summed E-state index contributed by atoms with van der Waals surface area (Å²) in [6.45, 7) is 4.86. The number of carbonyl (C=O) groups is 3. The summed E-state index contributed by atoms with van der Waals surface area (Å²) in [5.41, 5.74) is 1.25. The molecular formula is C21H25N3O4S. The normalized spacial score (nSPS) is 15.6. The molecule has 3 rings (SSSR count). The Morgan fingerprint density at radius 3 is 2.45 bits per heavy atom. The van der Waals surface area contributed by atoms with E-state index < -0.39 is 12.0 Å². The Bertz CT molecular complexity index is 818. The summed E-state index contributed by atoms with van der Waals surface area (Å²) in [5.74, 6) is -1.16. The average molecular weight is 416 g/mol. The number of esters is 1. The molecule has 0 spiro atoms. The quantitative estimate of drug-likeness (QED) is 0.697. The van der Waals surface area contributed by atoms with E-state index in [-0.39, 0.29) is 18.4 Å². The van der Waals surface area contributed by atoms with Gasteiger partial charge in [-0.05, 0) is 23.9 Å².